The summed E-state index contributed by atoms with van der Waals surface area (Å²) < 4.78 is 34.8. The van der Waals surface area contributed by atoms with Crippen LogP contribution in [0.5, 0.6) is 5.75 Å². The summed E-state index contributed by atoms with van der Waals surface area (Å²) in [6, 6.07) is 3.47. The molecule has 1 aromatic rings. The normalized spacial score (nSPS) is 29.4. The standard InChI is InChI=1S/C24H34F2O.2H2/c1-5-19-6-8-20(9-7-19)21-10-12-22(13-11-21)24(25,26)27-23-14-16(2)18(4)17(3)15-23;;/h5,14-15,19-22H,1,6-13H2,2-4H3;2*1H. The molecule has 0 N–H and O–H groups in total. The Morgan fingerprint density at radius 1 is 0.926 bits per heavy atom. The maximum atomic E-state index is 14.8. The second kappa shape index (κ2) is 8.32. The first-order valence-electron chi connectivity index (χ1n) is 10.6. The third kappa shape index (κ3) is 4.73. The Balaban J connectivity index is 0.00000210. The van der Waals surface area contributed by atoms with Crippen molar-refractivity contribution in [3.63, 3.8) is 0 Å². The average Bonchev–Trinajstić information content (AvgIpc) is 2.66. The smallest absolute Gasteiger partial charge is 0.400 e. The zero-order valence-corrected chi connectivity index (χ0v) is 17.1. The van der Waals surface area contributed by atoms with E-state index in [-0.39, 0.29) is 2.85 Å². The fourth-order valence-corrected chi connectivity index (χ4v) is 5.07. The number of alkyl halides is 2. The summed E-state index contributed by atoms with van der Waals surface area (Å²) in [7, 11) is 0. The van der Waals surface area contributed by atoms with Crippen LogP contribution in [0.3, 0.4) is 0 Å². The van der Waals surface area contributed by atoms with Gasteiger partial charge in [-0.2, -0.15) is 8.78 Å². The highest BCUT2D eigenvalue weighted by Gasteiger charge is 2.45. The van der Waals surface area contributed by atoms with Crippen LogP contribution in [-0.4, -0.2) is 6.11 Å². The molecule has 0 amide bonds. The van der Waals surface area contributed by atoms with Crippen LogP contribution in [-0.2, 0) is 0 Å². The minimum Gasteiger partial charge on any atom is -0.432 e. The van der Waals surface area contributed by atoms with Gasteiger partial charge in [-0.05, 0) is 119 Å². The van der Waals surface area contributed by atoms with Gasteiger partial charge in [0, 0.05) is 2.85 Å². The highest BCUT2D eigenvalue weighted by Crippen LogP contribution is 2.45. The Kier molecular flexibility index (Phi) is 6.28. The first-order chi connectivity index (χ1) is 12.8. The predicted octanol–water partition coefficient (Wildman–Crippen LogP) is 7.87. The van der Waals surface area contributed by atoms with E-state index in [1.54, 1.807) is 12.1 Å². The zero-order valence-electron chi connectivity index (χ0n) is 17.1. The minimum absolute atomic E-state index is 0. The lowest BCUT2D eigenvalue weighted by Gasteiger charge is -2.39. The van der Waals surface area contributed by atoms with E-state index in [2.05, 4.69) is 12.7 Å². The predicted molar refractivity (Wildman–Crippen MR) is 112 cm³/mol. The molecular formula is C24H38F2O. The van der Waals surface area contributed by atoms with Crippen molar-refractivity contribution in [2.75, 3.05) is 0 Å². The summed E-state index contributed by atoms with van der Waals surface area (Å²) in [5.74, 6) is 1.63. The topological polar surface area (TPSA) is 9.23 Å². The molecule has 0 aromatic heterocycles. The Labute approximate surface area is 166 Å². The number of benzene rings is 1. The van der Waals surface area contributed by atoms with Crippen molar-refractivity contribution in [2.45, 2.75) is 78.2 Å². The van der Waals surface area contributed by atoms with E-state index in [1.165, 1.54) is 25.7 Å². The van der Waals surface area contributed by atoms with Gasteiger partial charge in [-0.3, -0.25) is 0 Å². The van der Waals surface area contributed by atoms with E-state index >= 15 is 0 Å². The molecular weight excluding hydrogens is 342 g/mol. The van der Waals surface area contributed by atoms with Crippen LogP contribution in [0.15, 0.2) is 24.8 Å². The molecule has 0 bridgehead atoms. The van der Waals surface area contributed by atoms with Crippen LogP contribution in [0.1, 0.15) is 70.9 Å². The first-order valence-corrected chi connectivity index (χ1v) is 10.6. The van der Waals surface area contributed by atoms with Crippen molar-refractivity contribution in [3.05, 3.63) is 41.5 Å². The Morgan fingerprint density at radius 2 is 1.41 bits per heavy atom. The fraction of sp³-hybridized carbons (Fsp3) is 0.667. The van der Waals surface area contributed by atoms with Crippen LogP contribution < -0.4 is 4.74 Å². The number of allylic oxidation sites excluding steroid dienone is 1. The fourth-order valence-electron chi connectivity index (χ4n) is 5.07. The summed E-state index contributed by atoms with van der Waals surface area (Å²) in [5.41, 5.74) is 3.14. The number of rotatable bonds is 5. The lowest BCUT2D eigenvalue weighted by molar-refractivity contribution is -0.224. The van der Waals surface area contributed by atoms with Crippen LogP contribution in [0.4, 0.5) is 8.78 Å². The maximum absolute atomic E-state index is 14.8. The molecule has 0 atom stereocenters. The molecule has 0 unspecified atom stereocenters. The Bertz CT molecular complexity index is 638. The second-order valence-electron chi connectivity index (χ2n) is 8.87. The van der Waals surface area contributed by atoms with Gasteiger partial charge in [0.2, 0.25) is 0 Å². The van der Waals surface area contributed by atoms with E-state index in [0.29, 0.717) is 30.4 Å². The van der Waals surface area contributed by atoms with Gasteiger partial charge >= 0.3 is 6.11 Å². The monoisotopic (exact) mass is 380 g/mol. The van der Waals surface area contributed by atoms with Gasteiger partial charge in [-0.15, -0.1) is 6.58 Å². The van der Waals surface area contributed by atoms with Crippen LogP contribution in [0.25, 0.3) is 0 Å². The molecule has 0 saturated heterocycles. The largest absolute Gasteiger partial charge is 0.432 e. The summed E-state index contributed by atoms with van der Waals surface area (Å²) in [6.45, 7) is 9.81. The van der Waals surface area contributed by atoms with Crippen LogP contribution in [0.2, 0.25) is 0 Å². The third-order valence-electron chi connectivity index (χ3n) is 7.22. The molecule has 2 aliphatic rings. The molecule has 3 rings (SSSR count). The summed E-state index contributed by atoms with van der Waals surface area (Å²) in [4.78, 5) is 0. The highest BCUT2D eigenvalue weighted by molar-refractivity contribution is 5.40. The molecule has 0 radical (unpaired) electrons. The third-order valence-corrected chi connectivity index (χ3v) is 7.22. The Hall–Kier alpha value is -1.38. The summed E-state index contributed by atoms with van der Waals surface area (Å²) >= 11 is 0. The molecule has 27 heavy (non-hydrogen) atoms. The number of halogens is 2. The van der Waals surface area contributed by atoms with Gasteiger partial charge in [0.1, 0.15) is 5.75 Å². The van der Waals surface area contributed by atoms with Crippen molar-refractivity contribution >= 4 is 0 Å². The van der Waals surface area contributed by atoms with Crippen molar-refractivity contribution in [1.29, 1.82) is 0 Å². The molecule has 1 nitrogen and oxygen atoms in total. The molecule has 154 valence electrons. The minimum atomic E-state index is -3.08. The summed E-state index contributed by atoms with van der Waals surface area (Å²) in [6.07, 6.45) is 6.89. The molecule has 0 heterocycles. The van der Waals surface area contributed by atoms with E-state index in [9.17, 15) is 8.78 Å². The molecule has 2 saturated carbocycles. The molecule has 2 fully saturated rings. The zero-order chi connectivity index (χ0) is 19.6. The van der Waals surface area contributed by atoms with Crippen LogP contribution in [0, 0.1) is 44.4 Å². The van der Waals surface area contributed by atoms with E-state index in [1.807, 2.05) is 20.8 Å². The quantitative estimate of drug-likeness (QED) is 0.472. The van der Waals surface area contributed by atoms with Crippen molar-refractivity contribution < 1.29 is 16.4 Å². The molecule has 3 heteroatoms. The van der Waals surface area contributed by atoms with E-state index in [0.717, 1.165) is 35.4 Å². The van der Waals surface area contributed by atoms with Crippen molar-refractivity contribution in [2.24, 2.45) is 23.7 Å². The van der Waals surface area contributed by atoms with Gasteiger partial charge in [-0.1, -0.05) is 6.08 Å². The SMILES string of the molecule is C=CC1CCC(C2CCC(C(F)(F)Oc3cc(C)c(C)c(C)c3)CC2)CC1.[HH].[HH]. The van der Waals surface area contributed by atoms with Gasteiger partial charge in [0.25, 0.3) is 0 Å². The average molecular weight is 381 g/mol. The van der Waals surface area contributed by atoms with E-state index < -0.39 is 12.0 Å². The van der Waals surface area contributed by atoms with E-state index in [4.69, 9.17) is 4.74 Å². The van der Waals surface area contributed by atoms with Gasteiger partial charge < -0.3 is 4.74 Å². The molecule has 0 aliphatic heterocycles. The molecule has 2 aliphatic carbocycles. The van der Waals surface area contributed by atoms with Crippen molar-refractivity contribution in [1.82, 2.24) is 0 Å². The molecule has 0 spiro atoms. The van der Waals surface area contributed by atoms with Crippen LogP contribution >= 0.6 is 0 Å². The van der Waals surface area contributed by atoms with Gasteiger partial charge in [0.15, 0.2) is 0 Å². The number of aryl methyl sites for hydroxylation is 2. The summed E-state index contributed by atoms with van der Waals surface area (Å²) in [5, 5.41) is 0. The maximum Gasteiger partial charge on any atom is 0.400 e. The number of ether oxygens (including phenoxy) is 1. The van der Waals surface area contributed by atoms with Crippen molar-refractivity contribution in [3.8, 4) is 5.75 Å². The number of hydrogen-bond donors (Lipinski definition) is 0. The van der Waals surface area contributed by atoms with Gasteiger partial charge in [0.05, 0.1) is 5.92 Å². The van der Waals surface area contributed by atoms with Gasteiger partial charge in [-0.25, -0.2) is 0 Å². The molecule has 1 aromatic carbocycles. The Morgan fingerprint density at radius 3 is 1.89 bits per heavy atom. The second-order valence-corrected chi connectivity index (χ2v) is 8.87. The lowest BCUT2D eigenvalue weighted by Crippen LogP contribution is -2.38. The number of hydrogen-bond acceptors (Lipinski definition) is 1. The lowest BCUT2D eigenvalue weighted by atomic mass is 9.69. The highest BCUT2D eigenvalue weighted by atomic mass is 19.3. The first kappa shape index (κ1) is 20.4.